The molecule has 1 rings (SSSR count). The summed E-state index contributed by atoms with van der Waals surface area (Å²) < 4.78 is 0. The highest BCUT2D eigenvalue weighted by Gasteiger charge is 2.24. The van der Waals surface area contributed by atoms with E-state index in [4.69, 9.17) is 16.9 Å². The predicted molar refractivity (Wildman–Crippen MR) is 54.8 cm³/mol. The maximum atomic E-state index is 8.99. The lowest BCUT2D eigenvalue weighted by Gasteiger charge is -2.19. The Morgan fingerprint density at radius 1 is 1.38 bits per heavy atom. The first kappa shape index (κ1) is 10.1. The van der Waals surface area contributed by atoms with Gasteiger partial charge in [-0.3, -0.25) is 0 Å². The van der Waals surface area contributed by atoms with E-state index in [0.717, 1.165) is 11.1 Å². The summed E-state index contributed by atoms with van der Waals surface area (Å²) in [4.78, 5) is 0. The summed E-state index contributed by atoms with van der Waals surface area (Å²) in [6.45, 7) is 5.72. The Bertz CT molecular complexity index is 341. The zero-order valence-electron chi connectivity index (χ0n) is 8.06. The van der Waals surface area contributed by atoms with Crippen molar-refractivity contribution in [1.82, 2.24) is 0 Å². The molecule has 0 unspecified atom stereocenters. The van der Waals surface area contributed by atoms with Crippen molar-refractivity contribution < 1.29 is 0 Å². The van der Waals surface area contributed by atoms with Gasteiger partial charge in [0.2, 0.25) is 0 Å². The molecule has 1 aromatic rings. The van der Waals surface area contributed by atoms with Crippen LogP contribution in [0.2, 0.25) is 5.02 Å². The number of halogens is 1. The van der Waals surface area contributed by atoms with Crippen LogP contribution in [0.5, 0.6) is 0 Å². The number of hydrogen-bond donors (Lipinski definition) is 0. The molecule has 1 aromatic carbocycles. The second-order valence-electron chi connectivity index (χ2n) is 3.67. The molecule has 0 atom stereocenters. The van der Waals surface area contributed by atoms with Gasteiger partial charge in [0.25, 0.3) is 0 Å². The number of nitriles is 1. The Balaban J connectivity index is 3.38. The molecule has 0 aliphatic heterocycles. The lowest BCUT2D eigenvalue weighted by atomic mass is 9.83. The van der Waals surface area contributed by atoms with Crippen LogP contribution in [-0.2, 0) is 5.41 Å². The highest BCUT2D eigenvalue weighted by Crippen LogP contribution is 2.31. The van der Waals surface area contributed by atoms with Crippen molar-refractivity contribution >= 4 is 11.6 Å². The Morgan fingerprint density at radius 2 is 2.00 bits per heavy atom. The van der Waals surface area contributed by atoms with Crippen molar-refractivity contribution in [2.75, 3.05) is 0 Å². The van der Waals surface area contributed by atoms with E-state index in [9.17, 15) is 0 Å². The summed E-state index contributed by atoms with van der Waals surface area (Å²) in [6, 6.07) is 7.95. The van der Waals surface area contributed by atoms with Gasteiger partial charge in [-0.2, -0.15) is 5.26 Å². The molecule has 0 radical (unpaired) electrons. The largest absolute Gasteiger partial charge is 0.197 e. The average molecular weight is 194 g/mol. The van der Waals surface area contributed by atoms with Crippen LogP contribution in [-0.4, -0.2) is 0 Å². The van der Waals surface area contributed by atoms with Crippen molar-refractivity contribution in [2.45, 2.75) is 26.2 Å². The van der Waals surface area contributed by atoms with Gasteiger partial charge in [0, 0.05) is 5.02 Å². The number of rotatable bonds is 1. The normalized spacial score (nSPS) is 11.0. The van der Waals surface area contributed by atoms with Crippen molar-refractivity contribution in [1.29, 1.82) is 5.26 Å². The summed E-state index contributed by atoms with van der Waals surface area (Å²) >= 11 is 6.04. The summed E-state index contributed by atoms with van der Waals surface area (Å²) in [5, 5.41) is 9.66. The van der Waals surface area contributed by atoms with Crippen molar-refractivity contribution in [2.24, 2.45) is 0 Å². The lowest BCUT2D eigenvalue weighted by Crippen LogP contribution is -2.16. The number of benzene rings is 1. The number of nitrogens with zero attached hydrogens (tertiary/aromatic N) is 1. The van der Waals surface area contributed by atoms with E-state index in [0.29, 0.717) is 5.02 Å². The minimum absolute atomic E-state index is 0.511. The molecule has 0 aliphatic rings. The molecular formula is C11H12ClN. The molecule has 0 bridgehead atoms. The van der Waals surface area contributed by atoms with Crippen LogP contribution in [0.1, 0.15) is 25.0 Å². The number of hydrogen-bond acceptors (Lipinski definition) is 1. The van der Waals surface area contributed by atoms with Gasteiger partial charge in [-0.05, 0) is 38.0 Å². The predicted octanol–water partition coefficient (Wildman–Crippen LogP) is 3.45. The van der Waals surface area contributed by atoms with Crippen molar-refractivity contribution in [3.8, 4) is 6.07 Å². The van der Waals surface area contributed by atoms with E-state index in [1.807, 2.05) is 39.0 Å². The van der Waals surface area contributed by atoms with Gasteiger partial charge >= 0.3 is 0 Å². The topological polar surface area (TPSA) is 23.8 Å². The third-order valence-corrected chi connectivity index (χ3v) is 2.44. The molecule has 1 nitrogen and oxygen atoms in total. The Morgan fingerprint density at radius 3 is 2.46 bits per heavy atom. The molecule has 13 heavy (non-hydrogen) atoms. The van der Waals surface area contributed by atoms with Crippen LogP contribution < -0.4 is 0 Å². The van der Waals surface area contributed by atoms with Gasteiger partial charge in [-0.25, -0.2) is 0 Å². The van der Waals surface area contributed by atoms with E-state index in [1.165, 1.54) is 0 Å². The molecule has 68 valence electrons. The maximum Gasteiger partial charge on any atom is 0.0783 e. The third-order valence-electron chi connectivity index (χ3n) is 2.13. The standard InChI is InChI=1S/C11H12ClN/c1-8-5-4-6-9(12)10(8)11(2,3)7-13/h4-6H,1-3H3. The molecule has 0 aromatic heterocycles. The SMILES string of the molecule is Cc1cccc(Cl)c1C(C)(C)C#N. The van der Waals surface area contributed by atoms with Gasteiger partial charge in [-0.1, -0.05) is 23.7 Å². The summed E-state index contributed by atoms with van der Waals surface area (Å²) in [7, 11) is 0. The van der Waals surface area contributed by atoms with Crippen molar-refractivity contribution in [3.63, 3.8) is 0 Å². The fraction of sp³-hybridized carbons (Fsp3) is 0.364. The maximum absolute atomic E-state index is 8.99. The summed E-state index contributed by atoms with van der Waals surface area (Å²) in [6.07, 6.45) is 0. The van der Waals surface area contributed by atoms with Crippen LogP contribution in [0.3, 0.4) is 0 Å². The zero-order valence-corrected chi connectivity index (χ0v) is 8.81. The van der Waals surface area contributed by atoms with Gasteiger partial charge in [0.1, 0.15) is 0 Å². The molecule has 0 saturated heterocycles. The Labute approximate surface area is 84.0 Å². The van der Waals surface area contributed by atoms with Crippen LogP contribution >= 0.6 is 11.6 Å². The molecule has 0 fully saturated rings. The highest BCUT2D eigenvalue weighted by atomic mass is 35.5. The Hall–Kier alpha value is -1.00. The summed E-state index contributed by atoms with van der Waals surface area (Å²) in [5.74, 6) is 0. The molecule has 0 heterocycles. The zero-order chi connectivity index (χ0) is 10.1. The van der Waals surface area contributed by atoms with Crippen LogP contribution in [0.15, 0.2) is 18.2 Å². The molecule has 0 aliphatic carbocycles. The van der Waals surface area contributed by atoms with E-state index < -0.39 is 5.41 Å². The summed E-state index contributed by atoms with van der Waals surface area (Å²) in [5.41, 5.74) is 1.49. The van der Waals surface area contributed by atoms with E-state index in [-0.39, 0.29) is 0 Å². The van der Waals surface area contributed by atoms with Crippen LogP contribution in [0.25, 0.3) is 0 Å². The first-order valence-electron chi connectivity index (χ1n) is 4.16. The first-order chi connectivity index (χ1) is 5.99. The van der Waals surface area contributed by atoms with E-state index in [1.54, 1.807) is 0 Å². The molecule has 0 spiro atoms. The second kappa shape index (κ2) is 3.40. The molecule has 2 heteroatoms. The average Bonchev–Trinajstić information content (AvgIpc) is 2.03. The van der Waals surface area contributed by atoms with Crippen molar-refractivity contribution in [3.05, 3.63) is 34.3 Å². The van der Waals surface area contributed by atoms with Gasteiger partial charge in [0.05, 0.1) is 11.5 Å². The molecular weight excluding hydrogens is 182 g/mol. The quantitative estimate of drug-likeness (QED) is 0.670. The first-order valence-corrected chi connectivity index (χ1v) is 4.53. The monoisotopic (exact) mass is 193 g/mol. The van der Waals surface area contributed by atoms with Gasteiger partial charge in [-0.15, -0.1) is 0 Å². The molecule has 0 saturated carbocycles. The second-order valence-corrected chi connectivity index (χ2v) is 4.08. The fourth-order valence-electron chi connectivity index (χ4n) is 1.48. The molecule has 0 amide bonds. The van der Waals surface area contributed by atoms with E-state index >= 15 is 0 Å². The molecule has 0 N–H and O–H groups in total. The fourth-order valence-corrected chi connectivity index (χ4v) is 1.94. The Kier molecular flexibility index (Phi) is 2.63. The number of aryl methyl sites for hydroxylation is 1. The minimum atomic E-state index is -0.511. The lowest BCUT2D eigenvalue weighted by molar-refractivity contribution is 0.681. The van der Waals surface area contributed by atoms with E-state index in [2.05, 4.69) is 6.07 Å². The third kappa shape index (κ3) is 1.84. The van der Waals surface area contributed by atoms with Crippen LogP contribution in [0, 0.1) is 18.3 Å². The van der Waals surface area contributed by atoms with Gasteiger partial charge < -0.3 is 0 Å². The minimum Gasteiger partial charge on any atom is -0.197 e. The smallest absolute Gasteiger partial charge is 0.0783 e. The highest BCUT2D eigenvalue weighted by molar-refractivity contribution is 6.31. The van der Waals surface area contributed by atoms with Crippen LogP contribution in [0.4, 0.5) is 0 Å². The van der Waals surface area contributed by atoms with Gasteiger partial charge in [0.15, 0.2) is 0 Å².